The van der Waals surface area contributed by atoms with Gasteiger partial charge in [-0.25, -0.2) is 4.98 Å². The number of aromatic nitrogens is 2. The quantitative estimate of drug-likeness (QED) is 0.410. The maximum absolute atomic E-state index is 13.3. The van der Waals surface area contributed by atoms with Crippen molar-refractivity contribution in [3.8, 4) is 11.4 Å². The number of anilines is 1. The van der Waals surface area contributed by atoms with Crippen LogP contribution in [-0.4, -0.2) is 28.7 Å². The molecule has 0 saturated heterocycles. The first-order valence-corrected chi connectivity index (χ1v) is 11.2. The van der Waals surface area contributed by atoms with Gasteiger partial charge in [0.1, 0.15) is 0 Å². The van der Waals surface area contributed by atoms with Crippen molar-refractivity contribution in [2.24, 2.45) is 0 Å². The summed E-state index contributed by atoms with van der Waals surface area (Å²) < 4.78 is 2.14. The van der Waals surface area contributed by atoms with Gasteiger partial charge in [-0.3, -0.25) is 15.0 Å². The summed E-state index contributed by atoms with van der Waals surface area (Å²) in [6.07, 6.45) is 0. The number of halogens is 1. The van der Waals surface area contributed by atoms with Gasteiger partial charge in [0.25, 0.3) is 11.5 Å². The molecule has 0 atom stereocenters. The smallest absolute Gasteiger partial charge is 0.280 e. The standard InChI is InChI=1S/C25H23BrN4O2/c1-3-29(4-2)20-15-11-18(12-16-20)24(31)28-30-23(17-9-13-19(26)14-10-17)27-22-8-6-5-7-21(22)25(30)32/h5-16H,3-4H2,1-2H3,(H,28,31). The minimum absolute atomic E-state index is 0.332. The highest BCUT2D eigenvalue weighted by molar-refractivity contribution is 9.10. The topological polar surface area (TPSA) is 67.2 Å². The third kappa shape index (κ3) is 4.29. The first-order chi connectivity index (χ1) is 15.5. The van der Waals surface area contributed by atoms with Gasteiger partial charge in [0.05, 0.1) is 10.9 Å². The molecule has 4 aromatic rings. The molecule has 162 valence electrons. The summed E-state index contributed by atoms with van der Waals surface area (Å²) >= 11 is 3.43. The molecular weight excluding hydrogens is 468 g/mol. The molecule has 0 saturated carbocycles. The fourth-order valence-electron chi connectivity index (χ4n) is 3.61. The van der Waals surface area contributed by atoms with Gasteiger partial charge < -0.3 is 4.90 Å². The monoisotopic (exact) mass is 490 g/mol. The van der Waals surface area contributed by atoms with Crippen molar-refractivity contribution < 1.29 is 4.79 Å². The van der Waals surface area contributed by atoms with E-state index in [0.717, 1.165) is 23.2 Å². The van der Waals surface area contributed by atoms with Gasteiger partial charge in [0.2, 0.25) is 0 Å². The summed E-state index contributed by atoms with van der Waals surface area (Å²) in [4.78, 5) is 33.2. The fourth-order valence-corrected chi connectivity index (χ4v) is 3.87. The van der Waals surface area contributed by atoms with Crippen LogP contribution in [0.3, 0.4) is 0 Å². The van der Waals surface area contributed by atoms with E-state index in [2.05, 4.69) is 45.1 Å². The molecule has 4 rings (SSSR count). The van der Waals surface area contributed by atoms with Crippen LogP contribution in [0.5, 0.6) is 0 Å². The molecule has 0 radical (unpaired) electrons. The molecule has 0 bridgehead atoms. The van der Waals surface area contributed by atoms with E-state index in [0.29, 0.717) is 27.9 Å². The van der Waals surface area contributed by atoms with Crippen LogP contribution in [-0.2, 0) is 0 Å². The highest BCUT2D eigenvalue weighted by Gasteiger charge is 2.16. The Morgan fingerprint density at radius 2 is 1.62 bits per heavy atom. The molecular formula is C25H23BrN4O2. The summed E-state index contributed by atoms with van der Waals surface area (Å²) in [6.45, 7) is 5.95. The van der Waals surface area contributed by atoms with Crippen LogP contribution in [0.1, 0.15) is 24.2 Å². The summed E-state index contributed by atoms with van der Waals surface area (Å²) in [5.74, 6) is -0.0112. The Labute approximate surface area is 194 Å². The third-order valence-electron chi connectivity index (χ3n) is 5.35. The molecule has 6 nitrogen and oxygen atoms in total. The van der Waals surface area contributed by atoms with Crippen LogP contribution in [0.25, 0.3) is 22.3 Å². The summed E-state index contributed by atoms with van der Waals surface area (Å²) in [6, 6.07) is 21.9. The van der Waals surface area contributed by atoms with E-state index < -0.39 is 0 Å². The van der Waals surface area contributed by atoms with Crippen molar-refractivity contribution >= 4 is 38.4 Å². The lowest BCUT2D eigenvalue weighted by Crippen LogP contribution is -2.35. The number of nitrogens with zero attached hydrogens (tertiary/aromatic N) is 3. The van der Waals surface area contributed by atoms with Crippen molar-refractivity contribution in [3.05, 3.63) is 93.2 Å². The number of benzene rings is 3. The number of amides is 1. The number of carbonyl (C=O) groups is 1. The predicted molar refractivity (Wildman–Crippen MR) is 133 cm³/mol. The lowest BCUT2D eigenvalue weighted by atomic mass is 10.1. The molecule has 32 heavy (non-hydrogen) atoms. The van der Waals surface area contributed by atoms with E-state index >= 15 is 0 Å². The van der Waals surface area contributed by atoms with Crippen LogP contribution in [0, 0.1) is 0 Å². The predicted octanol–water partition coefficient (Wildman–Crippen LogP) is 5.06. The van der Waals surface area contributed by atoms with E-state index in [4.69, 9.17) is 0 Å². The van der Waals surface area contributed by atoms with Gasteiger partial charge in [-0.1, -0.05) is 40.2 Å². The number of hydrogen-bond acceptors (Lipinski definition) is 4. The normalized spacial score (nSPS) is 10.8. The Morgan fingerprint density at radius 1 is 0.969 bits per heavy atom. The number of rotatable bonds is 6. The third-order valence-corrected chi connectivity index (χ3v) is 5.88. The Kier molecular flexibility index (Phi) is 6.37. The average molecular weight is 491 g/mol. The van der Waals surface area contributed by atoms with Crippen LogP contribution < -0.4 is 15.9 Å². The first kappa shape index (κ1) is 21.8. The maximum Gasteiger partial charge on any atom is 0.280 e. The maximum atomic E-state index is 13.3. The van der Waals surface area contributed by atoms with Crippen molar-refractivity contribution in [1.82, 2.24) is 9.66 Å². The highest BCUT2D eigenvalue weighted by atomic mass is 79.9. The minimum Gasteiger partial charge on any atom is -0.372 e. The molecule has 1 heterocycles. The van der Waals surface area contributed by atoms with Crippen molar-refractivity contribution in [1.29, 1.82) is 0 Å². The molecule has 1 aromatic heterocycles. The minimum atomic E-state index is -0.381. The van der Waals surface area contributed by atoms with Gasteiger partial charge in [0.15, 0.2) is 5.82 Å². The molecule has 0 unspecified atom stereocenters. The summed E-state index contributed by atoms with van der Waals surface area (Å²) in [7, 11) is 0. The van der Waals surface area contributed by atoms with Gasteiger partial charge in [0, 0.05) is 34.4 Å². The SMILES string of the molecule is CCN(CC)c1ccc(C(=O)Nn2c(-c3ccc(Br)cc3)nc3ccccc3c2=O)cc1. The lowest BCUT2D eigenvalue weighted by Gasteiger charge is -2.21. The Balaban J connectivity index is 1.75. The summed E-state index contributed by atoms with van der Waals surface area (Å²) in [5.41, 5.74) is 5.22. The lowest BCUT2D eigenvalue weighted by molar-refractivity contribution is 0.101. The Hall–Kier alpha value is -3.45. The van der Waals surface area contributed by atoms with Crippen LogP contribution in [0.4, 0.5) is 5.69 Å². The zero-order chi connectivity index (χ0) is 22.7. The average Bonchev–Trinajstić information content (AvgIpc) is 2.82. The molecule has 0 spiro atoms. The Bertz CT molecular complexity index is 1310. The number of carbonyl (C=O) groups excluding carboxylic acids is 1. The van der Waals surface area contributed by atoms with E-state index in [9.17, 15) is 9.59 Å². The van der Waals surface area contributed by atoms with E-state index in [-0.39, 0.29) is 11.5 Å². The number of hydrogen-bond donors (Lipinski definition) is 1. The number of para-hydroxylation sites is 1. The molecule has 0 aliphatic rings. The summed E-state index contributed by atoms with van der Waals surface area (Å²) in [5, 5.41) is 0.436. The van der Waals surface area contributed by atoms with E-state index in [1.807, 2.05) is 42.5 Å². The van der Waals surface area contributed by atoms with Gasteiger partial charge in [-0.15, -0.1) is 0 Å². The van der Waals surface area contributed by atoms with Gasteiger partial charge in [-0.2, -0.15) is 4.68 Å². The molecule has 7 heteroatoms. The fraction of sp³-hybridized carbons (Fsp3) is 0.160. The second kappa shape index (κ2) is 9.36. The van der Waals surface area contributed by atoms with Crippen molar-refractivity contribution in [2.75, 3.05) is 23.4 Å². The molecule has 0 fully saturated rings. The molecule has 0 aliphatic heterocycles. The molecule has 0 aliphatic carbocycles. The second-order valence-corrected chi connectivity index (χ2v) is 8.18. The zero-order valence-electron chi connectivity index (χ0n) is 17.9. The highest BCUT2D eigenvalue weighted by Crippen LogP contribution is 2.21. The van der Waals surface area contributed by atoms with Crippen LogP contribution >= 0.6 is 15.9 Å². The second-order valence-electron chi connectivity index (χ2n) is 7.26. The van der Waals surface area contributed by atoms with E-state index in [1.165, 1.54) is 4.68 Å². The van der Waals surface area contributed by atoms with Crippen LogP contribution in [0.2, 0.25) is 0 Å². The number of fused-ring (bicyclic) bond motifs is 1. The first-order valence-electron chi connectivity index (χ1n) is 10.5. The molecule has 1 amide bonds. The largest absolute Gasteiger partial charge is 0.372 e. The van der Waals surface area contributed by atoms with Crippen molar-refractivity contribution in [3.63, 3.8) is 0 Å². The number of nitrogens with one attached hydrogen (secondary N) is 1. The van der Waals surface area contributed by atoms with Crippen LogP contribution in [0.15, 0.2) is 82.1 Å². The van der Waals surface area contributed by atoms with E-state index in [1.54, 1.807) is 30.3 Å². The zero-order valence-corrected chi connectivity index (χ0v) is 19.5. The van der Waals surface area contributed by atoms with Crippen molar-refractivity contribution in [2.45, 2.75) is 13.8 Å². The molecule has 3 aromatic carbocycles. The van der Waals surface area contributed by atoms with Gasteiger partial charge >= 0.3 is 0 Å². The Morgan fingerprint density at radius 3 is 2.28 bits per heavy atom. The van der Waals surface area contributed by atoms with Gasteiger partial charge in [-0.05, 0) is 62.4 Å². The molecule has 1 N–H and O–H groups in total.